The number of nitrogens with one attached hydrogen (secondary N) is 1. The maximum Gasteiger partial charge on any atom is 0.435 e. The molecular weight excluding hydrogens is 401 g/mol. The average molecular weight is 424 g/mol. The van der Waals surface area contributed by atoms with Gasteiger partial charge in [0.1, 0.15) is 16.8 Å². The van der Waals surface area contributed by atoms with Gasteiger partial charge < -0.3 is 5.32 Å². The van der Waals surface area contributed by atoms with E-state index in [1.54, 1.807) is 0 Å². The van der Waals surface area contributed by atoms with Crippen LogP contribution < -0.4 is 5.32 Å². The highest BCUT2D eigenvalue weighted by Crippen LogP contribution is 2.45. The van der Waals surface area contributed by atoms with Crippen molar-refractivity contribution in [3.63, 3.8) is 0 Å². The molecule has 0 fully saturated rings. The molecule has 2 aromatic heterocycles. The second-order valence-electron chi connectivity index (χ2n) is 8.09. The number of amides is 1. The van der Waals surface area contributed by atoms with Crippen LogP contribution in [0.2, 0.25) is 0 Å². The average Bonchev–Trinajstić information content (AvgIpc) is 3.20. The molecule has 0 spiro atoms. The van der Waals surface area contributed by atoms with Crippen LogP contribution in [0.25, 0.3) is 0 Å². The van der Waals surface area contributed by atoms with E-state index in [-0.39, 0.29) is 11.1 Å². The summed E-state index contributed by atoms with van der Waals surface area (Å²) in [7, 11) is 1.28. The fraction of sp³-hybridized carbons (Fsp3) is 0.550. The number of carbonyl (C=O) groups excluding carboxylic acids is 1. The molecule has 0 aliphatic heterocycles. The van der Waals surface area contributed by atoms with E-state index in [0.29, 0.717) is 22.5 Å². The fourth-order valence-electron chi connectivity index (χ4n) is 3.73. The summed E-state index contributed by atoms with van der Waals surface area (Å²) < 4.78 is 39.5. The Morgan fingerprint density at radius 3 is 2.69 bits per heavy atom. The SMILES string of the molecule is CCC(C)(C)[C@@H]1CCc2c(sc(NC(=O)c3cc(C(F)(F)F)nn3C)c2C#N)C1. The number of halogens is 3. The summed E-state index contributed by atoms with van der Waals surface area (Å²) in [4.78, 5) is 13.7. The van der Waals surface area contributed by atoms with Crippen molar-refractivity contribution in [1.82, 2.24) is 9.78 Å². The lowest BCUT2D eigenvalue weighted by Crippen LogP contribution is -2.28. The Bertz CT molecular complexity index is 981. The third-order valence-corrected chi connectivity index (χ3v) is 7.19. The van der Waals surface area contributed by atoms with Crippen LogP contribution in [0.15, 0.2) is 6.07 Å². The Kier molecular flexibility index (Phi) is 5.52. The van der Waals surface area contributed by atoms with E-state index in [1.165, 1.54) is 18.4 Å². The van der Waals surface area contributed by atoms with E-state index in [0.717, 1.165) is 40.8 Å². The molecule has 1 amide bonds. The van der Waals surface area contributed by atoms with Crippen molar-refractivity contribution in [2.24, 2.45) is 18.4 Å². The lowest BCUT2D eigenvalue weighted by Gasteiger charge is -2.36. The number of rotatable bonds is 4. The Morgan fingerprint density at radius 1 is 1.45 bits per heavy atom. The van der Waals surface area contributed by atoms with Gasteiger partial charge in [-0.25, -0.2) is 0 Å². The first-order chi connectivity index (χ1) is 13.5. The van der Waals surface area contributed by atoms with Gasteiger partial charge in [0.15, 0.2) is 5.69 Å². The predicted octanol–water partition coefficient (Wildman–Crippen LogP) is 5.17. The number of aryl methyl sites for hydroxylation is 1. The number of nitriles is 1. The number of fused-ring (bicyclic) bond motifs is 1. The quantitative estimate of drug-likeness (QED) is 0.736. The zero-order chi connectivity index (χ0) is 21.6. The number of nitrogens with zero attached hydrogens (tertiary/aromatic N) is 3. The molecule has 0 radical (unpaired) electrons. The predicted molar refractivity (Wildman–Crippen MR) is 105 cm³/mol. The molecular formula is C20H23F3N4OS. The molecule has 1 aliphatic rings. The summed E-state index contributed by atoms with van der Waals surface area (Å²) in [5, 5.41) is 16.0. The molecule has 2 heterocycles. The van der Waals surface area contributed by atoms with Crippen LogP contribution in [0.4, 0.5) is 18.2 Å². The summed E-state index contributed by atoms with van der Waals surface area (Å²) >= 11 is 1.35. The molecule has 9 heteroatoms. The molecule has 1 aliphatic carbocycles. The van der Waals surface area contributed by atoms with Crippen molar-refractivity contribution >= 4 is 22.2 Å². The minimum Gasteiger partial charge on any atom is -0.311 e. The minimum atomic E-state index is -4.63. The van der Waals surface area contributed by atoms with Gasteiger partial charge in [0.05, 0.1) is 5.56 Å². The van der Waals surface area contributed by atoms with Gasteiger partial charge in [-0.05, 0) is 36.2 Å². The first-order valence-electron chi connectivity index (χ1n) is 9.45. The van der Waals surface area contributed by atoms with Gasteiger partial charge in [0.25, 0.3) is 5.91 Å². The smallest absolute Gasteiger partial charge is 0.311 e. The minimum absolute atomic E-state index is 0.181. The summed E-state index contributed by atoms with van der Waals surface area (Å²) in [5.74, 6) is -0.226. The number of anilines is 1. The summed E-state index contributed by atoms with van der Waals surface area (Å²) in [6.45, 7) is 6.65. The first kappa shape index (κ1) is 21.4. The third kappa shape index (κ3) is 4.04. The van der Waals surface area contributed by atoms with Crippen LogP contribution in [-0.4, -0.2) is 15.7 Å². The number of hydrogen-bond donors (Lipinski definition) is 1. The van der Waals surface area contributed by atoms with Crippen molar-refractivity contribution < 1.29 is 18.0 Å². The summed E-state index contributed by atoms with van der Waals surface area (Å²) in [5.41, 5.74) is 0.222. The van der Waals surface area contributed by atoms with E-state index in [1.807, 2.05) is 0 Å². The molecule has 0 saturated carbocycles. The Morgan fingerprint density at radius 2 is 2.14 bits per heavy atom. The van der Waals surface area contributed by atoms with Crippen molar-refractivity contribution in [2.45, 2.75) is 52.6 Å². The van der Waals surface area contributed by atoms with Gasteiger partial charge in [0.2, 0.25) is 0 Å². The first-order valence-corrected chi connectivity index (χ1v) is 10.3. The van der Waals surface area contributed by atoms with Crippen LogP contribution in [0.3, 0.4) is 0 Å². The van der Waals surface area contributed by atoms with E-state index >= 15 is 0 Å². The molecule has 156 valence electrons. The van der Waals surface area contributed by atoms with Crippen LogP contribution in [0.5, 0.6) is 0 Å². The van der Waals surface area contributed by atoms with Gasteiger partial charge in [0, 0.05) is 18.0 Å². The van der Waals surface area contributed by atoms with Crippen molar-refractivity contribution in [3.8, 4) is 6.07 Å². The highest BCUT2D eigenvalue weighted by molar-refractivity contribution is 7.16. The molecule has 1 atom stereocenters. The normalized spacial score (nSPS) is 17.0. The fourth-order valence-corrected chi connectivity index (χ4v) is 5.01. The highest BCUT2D eigenvalue weighted by Gasteiger charge is 2.36. The van der Waals surface area contributed by atoms with Gasteiger partial charge >= 0.3 is 6.18 Å². The van der Waals surface area contributed by atoms with Crippen LogP contribution >= 0.6 is 11.3 Å². The Hall–Kier alpha value is -2.34. The monoisotopic (exact) mass is 424 g/mol. The van der Waals surface area contributed by atoms with Crippen molar-refractivity contribution in [2.75, 3.05) is 5.32 Å². The summed E-state index contributed by atoms with van der Waals surface area (Å²) in [6, 6.07) is 2.88. The molecule has 0 saturated heterocycles. The molecule has 5 nitrogen and oxygen atoms in total. The number of alkyl halides is 3. The number of aromatic nitrogens is 2. The van der Waals surface area contributed by atoms with E-state index < -0.39 is 17.8 Å². The molecule has 0 aromatic carbocycles. The van der Waals surface area contributed by atoms with Crippen LogP contribution in [0, 0.1) is 22.7 Å². The lowest BCUT2D eigenvalue weighted by molar-refractivity contribution is -0.141. The topological polar surface area (TPSA) is 70.7 Å². The van der Waals surface area contributed by atoms with Gasteiger partial charge in [-0.15, -0.1) is 11.3 Å². The molecule has 1 N–H and O–H groups in total. The van der Waals surface area contributed by atoms with Gasteiger partial charge in [-0.3, -0.25) is 9.48 Å². The lowest BCUT2D eigenvalue weighted by atomic mass is 9.69. The second kappa shape index (κ2) is 7.48. The molecule has 3 rings (SSSR count). The molecule has 2 aromatic rings. The number of hydrogen-bond acceptors (Lipinski definition) is 4. The number of thiophene rings is 1. The highest BCUT2D eigenvalue weighted by atomic mass is 32.1. The number of carbonyl (C=O) groups is 1. The van der Waals surface area contributed by atoms with Crippen molar-refractivity contribution in [1.29, 1.82) is 5.26 Å². The maximum absolute atomic E-state index is 12.9. The van der Waals surface area contributed by atoms with Crippen LogP contribution in [0.1, 0.15) is 65.8 Å². The molecule has 0 bridgehead atoms. The Labute approximate surface area is 171 Å². The van der Waals surface area contributed by atoms with E-state index in [4.69, 9.17) is 0 Å². The zero-order valence-corrected chi connectivity index (χ0v) is 17.6. The molecule has 0 unspecified atom stereocenters. The van der Waals surface area contributed by atoms with E-state index in [2.05, 4.69) is 37.3 Å². The largest absolute Gasteiger partial charge is 0.435 e. The van der Waals surface area contributed by atoms with Gasteiger partial charge in [-0.1, -0.05) is 27.2 Å². The summed E-state index contributed by atoms with van der Waals surface area (Å²) in [6.07, 6.45) is -0.992. The standard InChI is InChI=1S/C20H23F3N4OS/c1-5-19(2,3)11-6-7-12-13(10-24)18(29-15(12)8-11)25-17(28)14-9-16(20(21,22)23)26-27(14)4/h9,11H,5-8H2,1-4H3,(H,25,28)/t11-/m1/s1. The second-order valence-corrected chi connectivity index (χ2v) is 9.20. The Balaban J connectivity index is 1.87. The molecule has 29 heavy (non-hydrogen) atoms. The zero-order valence-electron chi connectivity index (χ0n) is 16.8. The third-order valence-electron chi connectivity index (χ3n) is 6.02. The maximum atomic E-state index is 12.9. The van der Waals surface area contributed by atoms with Crippen LogP contribution in [-0.2, 0) is 26.1 Å². The van der Waals surface area contributed by atoms with Crippen molar-refractivity contribution in [3.05, 3.63) is 33.5 Å². The van der Waals surface area contributed by atoms with E-state index in [9.17, 15) is 23.2 Å². The van der Waals surface area contributed by atoms with Gasteiger partial charge in [-0.2, -0.15) is 23.5 Å².